The minimum absolute atomic E-state index is 0.349. The number of rotatable bonds is 18. The molecule has 5 nitrogen and oxygen atoms in total. The predicted octanol–water partition coefficient (Wildman–Crippen LogP) is 6.59. The monoisotopic (exact) mass is 380 g/mol. The maximum Gasteiger partial charge on any atom is 0.476 e. The molecule has 0 aromatic rings. The lowest BCUT2D eigenvalue weighted by molar-refractivity contribution is -0.159. The van der Waals surface area contributed by atoms with Gasteiger partial charge in [-0.2, -0.15) is 0 Å². The summed E-state index contributed by atoms with van der Waals surface area (Å²) in [6.07, 6.45) is 15.9. The average Bonchev–Trinajstić information content (AvgIpc) is 2.62. The Bertz CT molecular complexity index is 343. The van der Waals surface area contributed by atoms with Gasteiger partial charge in [0, 0.05) is 20.6 Å². The van der Waals surface area contributed by atoms with Crippen molar-refractivity contribution < 1.29 is 23.2 Å². The van der Waals surface area contributed by atoms with E-state index in [2.05, 4.69) is 6.92 Å². The molecule has 152 valence electrons. The average molecular weight is 381 g/mol. The molecule has 0 aliphatic heterocycles. The quantitative estimate of drug-likeness (QED) is 0.165. The fraction of sp³-hybridized carbons (Fsp3) is 1.00. The Labute approximate surface area is 155 Å². The summed E-state index contributed by atoms with van der Waals surface area (Å²) < 4.78 is 26.8. The molecule has 0 bridgehead atoms. The number of aliphatic hydroxyl groups is 1. The zero-order valence-electron chi connectivity index (χ0n) is 16.9. The van der Waals surface area contributed by atoms with Gasteiger partial charge in [-0.3, -0.25) is 13.6 Å². The molecule has 0 spiro atoms. The zero-order chi connectivity index (χ0) is 19.0. The Morgan fingerprint density at radius 2 is 1.16 bits per heavy atom. The van der Waals surface area contributed by atoms with Crippen LogP contribution in [0.1, 0.15) is 104 Å². The van der Waals surface area contributed by atoms with Gasteiger partial charge in [0.1, 0.15) is 0 Å². The van der Waals surface area contributed by atoms with E-state index >= 15 is 0 Å². The second-order valence-electron chi connectivity index (χ2n) is 6.84. The van der Waals surface area contributed by atoms with Crippen molar-refractivity contribution in [2.24, 2.45) is 0 Å². The first-order valence-corrected chi connectivity index (χ1v) is 11.6. The lowest BCUT2D eigenvalue weighted by Crippen LogP contribution is -2.30. The first kappa shape index (κ1) is 25.1. The molecule has 0 aliphatic carbocycles. The van der Waals surface area contributed by atoms with E-state index in [-0.39, 0.29) is 0 Å². The lowest BCUT2D eigenvalue weighted by Gasteiger charge is -2.29. The van der Waals surface area contributed by atoms with E-state index in [0.717, 1.165) is 12.8 Å². The van der Waals surface area contributed by atoms with Gasteiger partial charge in [-0.05, 0) is 12.8 Å². The van der Waals surface area contributed by atoms with Crippen LogP contribution < -0.4 is 0 Å². The molecule has 1 unspecified atom stereocenters. The van der Waals surface area contributed by atoms with Crippen LogP contribution in [0.5, 0.6) is 0 Å². The molecule has 0 radical (unpaired) electrons. The van der Waals surface area contributed by atoms with Crippen LogP contribution in [0.2, 0.25) is 0 Å². The van der Waals surface area contributed by atoms with E-state index in [1.165, 1.54) is 78.4 Å². The molecular weight excluding hydrogens is 339 g/mol. The summed E-state index contributed by atoms with van der Waals surface area (Å²) in [7, 11) is -1.15. The van der Waals surface area contributed by atoms with Gasteiger partial charge in [-0.15, -0.1) is 0 Å². The molecular formula is C19H41O5P. The van der Waals surface area contributed by atoms with E-state index < -0.39 is 13.6 Å². The van der Waals surface area contributed by atoms with Crippen molar-refractivity contribution in [2.75, 3.05) is 14.2 Å². The van der Waals surface area contributed by atoms with Crippen LogP contribution in [0.4, 0.5) is 0 Å². The topological polar surface area (TPSA) is 65.0 Å². The summed E-state index contributed by atoms with van der Waals surface area (Å²) in [5.74, 6) is -1.44. The highest BCUT2D eigenvalue weighted by atomic mass is 31.2. The summed E-state index contributed by atoms with van der Waals surface area (Å²) >= 11 is 0. The molecule has 6 heteroatoms. The Balaban J connectivity index is 3.69. The second kappa shape index (κ2) is 15.2. The summed E-state index contributed by atoms with van der Waals surface area (Å²) in [6.45, 7) is 4.05. The number of phosphoric acid groups is 1. The van der Waals surface area contributed by atoms with Crippen LogP contribution in [0.25, 0.3) is 0 Å². The molecule has 0 amide bonds. The van der Waals surface area contributed by atoms with Gasteiger partial charge >= 0.3 is 7.82 Å². The Morgan fingerprint density at radius 3 is 1.52 bits per heavy atom. The van der Waals surface area contributed by atoms with Gasteiger partial charge in [-0.25, -0.2) is 4.57 Å². The van der Waals surface area contributed by atoms with Gasteiger partial charge in [-0.1, -0.05) is 84.5 Å². The fourth-order valence-corrected chi connectivity index (χ4v) is 3.82. The van der Waals surface area contributed by atoms with E-state index in [9.17, 15) is 9.67 Å². The van der Waals surface area contributed by atoms with Gasteiger partial charge in [0.15, 0.2) is 5.79 Å². The van der Waals surface area contributed by atoms with Crippen molar-refractivity contribution in [3.05, 3.63) is 0 Å². The highest BCUT2D eigenvalue weighted by Gasteiger charge is 2.36. The minimum Gasteiger partial charge on any atom is -0.365 e. The van der Waals surface area contributed by atoms with Crippen molar-refractivity contribution in [3.8, 4) is 0 Å². The highest BCUT2D eigenvalue weighted by molar-refractivity contribution is 7.48. The zero-order valence-corrected chi connectivity index (χ0v) is 17.8. The highest BCUT2D eigenvalue weighted by Crippen LogP contribution is 2.52. The molecule has 0 aliphatic rings. The summed E-state index contributed by atoms with van der Waals surface area (Å²) in [5, 5.41) is 10.4. The minimum atomic E-state index is -3.65. The van der Waals surface area contributed by atoms with E-state index in [1.807, 2.05) is 0 Å². The molecule has 0 fully saturated rings. The Kier molecular flexibility index (Phi) is 15.2. The molecule has 0 heterocycles. The smallest absolute Gasteiger partial charge is 0.365 e. The number of phosphoric ester groups is 1. The van der Waals surface area contributed by atoms with Crippen molar-refractivity contribution in [3.63, 3.8) is 0 Å². The summed E-state index contributed by atoms with van der Waals surface area (Å²) in [4.78, 5) is 0. The summed E-state index contributed by atoms with van der Waals surface area (Å²) in [6, 6.07) is 0. The van der Waals surface area contributed by atoms with Crippen LogP contribution in [0.15, 0.2) is 0 Å². The number of hydrogen-bond acceptors (Lipinski definition) is 5. The van der Waals surface area contributed by atoms with Gasteiger partial charge in [0.05, 0.1) is 0 Å². The summed E-state index contributed by atoms with van der Waals surface area (Å²) in [5.41, 5.74) is 0. The van der Waals surface area contributed by atoms with Crippen LogP contribution in [-0.2, 0) is 18.1 Å². The maximum atomic E-state index is 12.0. The molecule has 0 rings (SSSR count). The predicted molar refractivity (Wildman–Crippen MR) is 104 cm³/mol. The molecule has 1 N–H and O–H groups in total. The van der Waals surface area contributed by atoms with Crippen LogP contribution in [0, 0.1) is 0 Å². The van der Waals surface area contributed by atoms with Gasteiger partial charge < -0.3 is 5.11 Å². The van der Waals surface area contributed by atoms with Gasteiger partial charge in [0.25, 0.3) is 0 Å². The van der Waals surface area contributed by atoms with Crippen molar-refractivity contribution in [2.45, 2.75) is 110 Å². The molecule has 0 saturated carbocycles. The fourth-order valence-electron chi connectivity index (χ4n) is 2.89. The third-order valence-corrected chi connectivity index (χ3v) is 6.16. The molecule has 0 aromatic heterocycles. The SMILES string of the molecule is CCCCCCCCCCCCCCC(O)(CC)OP(=O)(OC)OC. The number of hydrogen-bond donors (Lipinski definition) is 1. The largest absolute Gasteiger partial charge is 0.476 e. The van der Waals surface area contributed by atoms with Gasteiger partial charge in [0.2, 0.25) is 0 Å². The number of unbranched alkanes of at least 4 members (excludes halogenated alkanes) is 11. The van der Waals surface area contributed by atoms with Crippen LogP contribution >= 0.6 is 7.82 Å². The van der Waals surface area contributed by atoms with E-state index in [0.29, 0.717) is 12.8 Å². The van der Waals surface area contributed by atoms with Crippen molar-refractivity contribution >= 4 is 7.82 Å². The third-order valence-electron chi connectivity index (χ3n) is 4.70. The van der Waals surface area contributed by atoms with Crippen molar-refractivity contribution in [1.82, 2.24) is 0 Å². The maximum absolute atomic E-state index is 12.0. The first-order chi connectivity index (χ1) is 11.9. The standard InChI is InChI=1S/C19H41O5P/c1-5-7-8-9-10-11-12-13-14-15-16-17-18-19(20,6-2)24-25(21,22-3)23-4/h20H,5-18H2,1-4H3. The van der Waals surface area contributed by atoms with Crippen LogP contribution in [-0.4, -0.2) is 25.1 Å². The first-order valence-electron chi connectivity index (χ1n) is 10.1. The Morgan fingerprint density at radius 1 is 0.760 bits per heavy atom. The normalized spacial score (nSPS) is 14.6. The van der Waals surface area contributed by atoms with E-state index in [4.69, 9.17) is 13.6 Å². The van der Waals surface area contributed by atoms with E-state index in [1.54, 1.807) is 6.92 Å². The van der Waals surface area contributed by atoms with Crippen LogP contribution in [0.3, 0.4) is 0 Å². The second-order valence-corrected chi connectivity index (χ2v) is 8.65. The molecule has 0 aromatic carbocycles. The molecule has 0 saturated heterocycles. The molecule has 1 atom stereocenters. The Hall–Kier alpha value is 0.0700. The third kappa shape index (κ3) is 13.0. The molecule has 25 heavy (non-hydrogen) atoms. The van der Waals surface area contributed by atoms with Crippen molar-refractivity contribution in [1.29, 1.82) is 0 Å². The lowest BCUT2D eigenvalue weighted by atomic mass is 10.0.